The molecule has 16 heavy (non-hydrogen) atoms. The summed E-state index contributed by atoms with van der Waals surface area (Å²) in [7, 11) is 2.31. The zero-order chi connectivity index (χ0) is 11.8. The predicted octanol–water partition coefficient (Wildman–Crippen LogP) is 3.03. The molecule has 0 amide bonds. The third-order valence-corrected chi connectivity index (χ3v) is 3.93. The van der Waals surface area contributed by atoms with Gasteiger partial charge in [-0.2, -0.15) is 0 Å². The predicted molar refractivity (Wildman–Crippen MR) is 71.9 cm³/mol. The molecular formula is C14H30N2. The highest BCUT2D eigenvalue weighted by molar-refractivity contribution is 4.81. The molecule has 96 valence electrons. The van der Waals surface area contributed by atoms with E-state index in [1.807, 2.05) is 0 Å². The molecule has 0 atom stereocenters. The largest absolute Gasteiger partial charge is 0.314 e. The summed E-state index contributed by atoms with van der Waals surface area (Å²) >= 11 is 0. The minimum atomic E-state index is 0.797. The zero-order valence-electron chi connectivity index (χ0n) is 11.5. The SMILES string of the molecule is CCCCCN(C)C1CCC(NCC)CC1. The van der Waals surface area contributed by atoms with Crippen LogP contribution in [0.5, 0.6) is 0 Å². The number of unbranched alkanes of at least 4 members (excludes halogenated alkanes) is 2. The first-order valence-electron chi connectivity index (χ1n) is 7.21. The van der Waals surface area contributed by atoms with Gasteiger partial charge in [0.25, 0.3) is 0 Å². The Hall–Kier alpha value is -0.0800. The molecule has 2 nitrogen and oxygen atoms in total. The van der Waals surface area contributed by atoms with Crippen molar-refractivity contribution in [3.63, 3.8) is 0 Å². The second kappa shape index (κ2) is 8.08. The van der Waals surface area contributed by atoms with Gasteiger partial charge in [0.1, 0.15) is 0 Å². The van der Waals surface area contributed by atoms with Crippen LogP contribution >= 0.6 is 0 Å². The van der Waals surface area contributed by atoms with Crippen LogP contribution in [0, 0.1) is 0 Å². The summed E-state index contributed by atoms with van der Waals surface area (Å²) in [5.41, 5.74) is 0. The molecule has 0 aliphatic heterocycles. The Kier molecular flexibility index (Phi) is 7.06. The number of rotatable bonds is 7. The summed E-state index contributed by atoms with van der Waals surface area (Å²) < 4.78 is 0. The molecule has 0 unspecified atom stereocenters. The Balaban J connectivity index is 2.14. The van der Waals surface area contributed by atoms with Crippen LogP contribution in [0.25, 0.3) is 0 Å². The molecule has 0 saturated heterocycles. The number of hydrogen-bond acceptors (Lipinski definition) is 2. The van der Waals surface area contributed by atoms with Crippen LogP contribution in [-0.2, 0) is 0 Å². The van der Waals surface area contributed by atoms with Crippen molar-refractivity contribution in [3.05, 3.63) is 0 Å². The average Bonchev–Trinajstić information content (AvgIpc) is 2.30. The van der Waals surface area contributed by atoms with E-state index in [0.717, 1.165) is 18.6 Å². The van der Waals surface area contributed by atoms with Crippen LogP contribution < -0.4 is 5.32 Å². The lowest BCUT2D eigenvalue weighted by Gasteiger charge is -2.35. The van der Waals surface area contributed by atoms with Gasteiger partial charge in [-0.15, -0.1) is 0 Å². The molecule has 1 rings (SSSR count). The van der Waals surface area contributed by atoms with Crippen LogP contribution in [0.3, 0.4) is 0 Å². The van der Waals surface area contributed by atoms with Crippen molar-refractivity contribution in [3.8, 4) is 0 Å². The summed E-state index contributed by atoms with van der Waals surface area (Å²) in [5, 5.41) is 3.58. The summed E-state index contributed by atoms with van der Waals surface area (Å²) in [5.74, 6) is 0. The Morgan fingerprint density at radius 3 is 2.31 bits per heavy atom. The first-order chi connectivity index (χ1) is 7.77. The van der Waals surface area contributed by atoms with Crippen molar-refractivity contribution in [2.75, 3.05) is 20.1 Å². The van der Waals surface area contributed by atoms with Crippen molar-refractivity contribution in [2.45, 2.75) is 70.9 Å². The second-order valence-corrected chi connectivity index (χ2v) is 5.25. The van der Waals surface area contributed by atoms with Crippen LogP contribution in [0.15, 0.2) is 0 Å². The van der Waals surface area contributed by atoms with E-state index in [2.05, 4.69) is 31.1 Å². The van der Waals surface area contributed by atoms with Crippen molar-refractivity contribution >= 4 is 0 Å². The number of nitrogens with one attached hydrogen (secondary N) is 1. The van der Waals surface area contributed by atoms with Crippen molar-refractivity contribution < 1.29 is 0 Å². The lowest BCUT2D eigenvalue weighted by Crippen LogP contribution is -2.41. The van der Waals surface area contributed by atoms with Crippen LogP contribution in [0.2, 0.25) is 0 Å². The molecule has 1 N–H and O–H groups in total. The van der Waals surface area contributed by atoms with Gasteiger partial charge in [0.05, 0.1) is 0 Å². The molecule has 0 spiro atoms. The Labute approximate surface area is 102 Å². The molecule has 1 saturated carbocycles. The van der Waals surface area contributed by atoms with E-state index >= 15 is 0 Å². The Bertz CT molecular complexity index is 162. The molecule has 0 aromatic rings. The lowest BCUT2D eigenvalue weighted by molar-refractivity contribution is 0.172. The van der Waals surface area contributed by atoms with Gasteiger partial charge in [-0.05, 0) is 52.2 Å². The van der Waals surface area contributed by atoms with E-state index in [1.54, 1.807) is 0 Å². The second-order valence-electron chi connectivity index (χ2n) is 5.25. The Morgan fingerprint density at radius 1 is 1.06 bits per heavy atom. The molecule has 1 aliphatic carbocycles. The van der Waals surface area contributed by atoms with Gasteiger partial charge >= 0.3 is 0 Å². The molecule has 0 heterocycles. The highest BCUT2D eigenvalue weighted by Crippen LogP contribution is 2.22. The average molecular weight is 226 g/mol. The molecule has 0 bridgehead atoms. The molecule has 0 radical (unpaired) electrons. The van der Waals surface area contributed by atoms with E-state index in [0.29, 0.717) is 0 Å². The lowest BCUT2D eigenvalue weighted by atomic mass is 9.90. The standard InChI is InChI=1S/C14H30N2/c1-4-6-7-12-16(3)14-10-8-13(9-11-14)15-5-2/h13-15H,4-12H2,1-3H3. The third-order valence-electron chi connectivity index (χ3n) is 3.93. The van der Waals surface area contributed by atoms with Gasteiger partial charge in [0, 0.05) is 12.1 Å². The van der Waals surface area contributed by atoms with Crippen LogP contribution in [0.4, 0.5) is 0 Å². The molecule has 1 aliphatic rings. The number of hydrogen-bond donors (Lipinski definition) is 1. The maximum atomic E-state index is 3.58. The Morgan fingerprint density at radius 2 is 1.75 bits per heavy atom. The first-order valence-corrected chi connectivity index (χ1v) is 7.21. The van der Waals surface area contributed by atoms with Crippen molar-refractivity contribution in [1.82, 2.24) is 10.2 Å². The quantitative estimate of drug-likeness (QED) is 0.671. The monoisotopic (exact) mass is 226 g/mol. The van der Waals surface area contributed by atoms with Gasteiger partial charge in [0.15, 0.2) is 0 Å². The summed E-state index contributed by atoms with van der Waals surface area (Å²) in [6, 6.07) is 1.65. The topological polar surface area (TPSA) is 15.3 Å². The van der Waals surface area contributed by atoms with E-state index in [1.165, 1.54) is 51.5 Å². The molecule has 0 aromatic heterocycles. The summed E-state index contributed by atoms with van der Waals surface area (Å²) in [6.07, 6.45) is 9.62. The van der Waals surface area contributed by atoms with Crippen LogP contribution in [0.1, 0.15) is 58.8 Å². The van der Waals surface area contributed by atoms with Gasteiger partial charge in [-0.1, -0.05) is 26.7 Å². The molecule has 2 heteroatoms. The fraction of sp³-hybridized carbons (Fsp3) is 1.00. The molecular weight excluding hydrogens is 196 g/mol. The minimum absolute atomic E-state index is 0.797. The van der Waals surface area contributed by atoms with Gasteiger partial charge in [-0.3, -0.25) is 0 Å². The van der Waals surface area contributed by atoms with E-state index in [4.69, 9.17) is 0 Å². The molecule has 1 fully saturated rings. The summed E-state index contributed by atoms with van der Waals surface area (Å²) in [4.78, 5) is 2.60. The fourth-order valence-corrected chi connectivity index (χ4v) is 2.80. The smallest absolute Gasteiger partial charge is 0.00933 e. The van der Waals surface area contributed by atoms with Crippen molar-refractivity contribution in [2.24, 2.45) is 0 Å². The van der Waals surface area contributed by atoms with E-state index in [-0.39, 0.29) is 0 Å². The zero-order valence-corrected chi connectivity index (χ0v) is 11.5. The molecule has 0 aromatic carbocycles. The van der Waals surface area contributed by atoms with Gasteiger partial charge in [0.2, 0.25) is 0 Å². The maximum Gasteiger partial charge on any atom is 0.00933 e. The van der Waals surface area contributed by atoms with Gasteiger partial charge in [-0.25, -0.2) is 0 Å². The minimum Gasteiger partial charge on any atom is -0.314 e. The fourth-order valence-electron chi connectivity index (χ4n) is 2.80. The van der Waals surface area contributed by atoms with E-state index < -0.39 is 0 Å². The highest BCUT2D eigenvalue weighted by atomic mass is 15.1. The highest BCUT2D eigenvalue weighted by Gasteiger charge is 2.22. The normalized spacial score (nSPS) is 26.2. The van der Waals surface area contributed by atoms with E-state index in [9.17, 15) is 0 Å². The first kappa shape index (κ1) is 14.0. The van der Waals surface area contributed by atoms with Crippen LogP contribution in [-0.4, -0.2) is 37.1 Å². The number of nitrogens with zero attached hydrogens (tertiary/aromatic N) is 1. The summed E-state index contributed by atoms with van der Waals surface area (Å²) in [6.45, 7) is 6.91. The van der Waals surface area contributed by atoms with Crippen molar-refractivity contribution in [1.29, 1.82) is 0 Å². The third kappa shape index (κ3) is 4.84. The maximum absolute atomic E-state index is 3.58. The van der Waals surface area contributed by atoms with Gasteiger partial charge < -0.3 is 10.2 Å².